The van der Waals surface area contributed by atoms with Gasteiger partial charge in [0.15, 0.2) is 0 Å². The van der Waals surface area contributed by atoms with Crippen LogP contribution in [-0.4, -0.2) is 24.5 Å². The van der Waals surface area contributed by atoms with Gasteiger partial charge in [-0.25, -0.2) is 0 Å². The molecule has 0 aromatic rings. The normalized spacial score (nSPS) is 12.8. The minimum atomic E-state index is 0.659. The molecule has 0 amide bonds. The van der Waals surface area contributed by atoms with Gasteiger partial charge in [-0.1, -0.05) is 27.2 Å². The van der Waals surface area contributed by atoms with E-state index in [0.717, 1.165) is 25.6 Å². The summed E-state index contributed by atoms with van der Waals surface area (Å²) < 4.78 is 0. The molecule has 0 aliphatic rings. The predicted molar refractivity (Wildman–Crippen MR) is 56.4 cm³/mol. The van der Waals surface area contributed by atoms with E-state index in [0.29, 0.717) is 6.42 Å². The monoisotopic (exact) mass is 182 g/mol. The van der Waals surface area contributed by atoms with Crippen LogP contribution >= 0.6 is 0 Å². The van der Waals surface area contributed by atoms with Gasteiger partial charge in [0.05, 0.1) is 6.07 Å². The summed E-state index contributed by atoms with van der Waals surface area (Å²) in [4.78, 5) is 2.36. The van der Waals surface area contributed by atoms with Gasteiger partial charge in [0, 0.05) is 19.5 Å². The van der Waals surface area contributed by atoms with Crippen LogP contribution < -0.4 is 0 Å². The lowest BCUT2D eigenvalue weighted by molar-refractivity contribution is 0.247. The lowest BCUT2D eigenvalue weighted by Gasteiger charge is -2.22. The lowest BCUT2D eigenvalue weighted by atomic mass is 10.1. The fourth-order valence-corrected chi connectivity index (χ4v) is 1.61. The summed E-state index contributed by atoms with van der Waals surface area (Å²) in [7, 11) is 0. The molecule has 0 saturated heterocycles. The Morgan fingerprint density at radius 2 is 2.08 bits per heavy atom. The summed E-state index contributed by atoms with van der Waals surface area (Å²) in [5.74, 6) is 0.767. The highest BCUT2D eigenvalue weighted by Crippen LogP contribution is 2.07. The van der Waals surface area contributed by atoms with Crippen LogP contribution in [0.25, 0.3) is 0 Å². The van der Waals surface area contributed by atoms with Gasteiger partial charge in [0.2, 0.25) is 0 Å². The first-order chi connectivity index (χ1) is 6.24. The van der Waals surface area contributed by atoms with Gasteiger partial charge in [0.1, 0.15) is 0 Å². The van der Waals surface area contributed by atoms with Crippen molar-refractivity contribution in [3.05, 3.63) is 0 Å². The first-order valence-electron chi connectivity index (χ1n) is 5.33. The van der Waals surface area contributed by atoms with E-state index in [2.05, 4.69) is 31.7 Å². The summed E-state index contributed by atoms with van der Waals surface area (Å²) in [6.07, 6.45) is 3.21. The maximum Gasteiger partial charge on any atom is 0.0635 e. The molecule has 0 N–H and O–H groups in total. The van der Waals surface area contributed by atoms with Crippen molar-refractivity contribution < 1.29 is 0 Å². The molecular weight excluding hydrogens is 160 g/mol. The van der Waals surface area contributed by atoms with Crippen molar-refractivity contribution >= 4 is 0 Å². The number of hydrogen-bond donors (Lipinski definition) is 0. The van der Waals surface area contributed by atoms with Crippen LogP contribution in [0.2, 0.25) is 0 Å². The zero-order valence-corrected chi connectivity index (χ0v) is 9.21. The van der Waals surface area contributed by atoms with Crippen LogP contribution in [0.5, 0.6) is 0 Å². The van der Waals surface area contributed by atoms with E-state index in [4.69, 9.17) is 5.26 Å². The molecule has 1 unspecified atom stereocenters. The zero-order valence-electron chi connectivity index (χ0n) is 9.21. The van der Waals surface area contributed by atoms with Crippen LogP contribution in [-0.2, 0) is 0 Å². The quantitative estimate of drug-likeness (QED) is 0.605. The Labute approximate surface area is 82.5 Å². The zero-order chi connectivity index (χ0) is 10.1. The fraction of sp³-hybridized carbons (Fsp3) is 0.909. The molecule has 76 valence electrons. The van der Waals surface area contributed by atoms with E-state index >= 15 is 0 Å². The van der Waals surface area contributed by atoms with Gasteiger partial charge in [-0.15, -0.1) is 0 Å². The SMILES string of the molecule is CCCC(C)CN(CC)CCC#N. The molecule has 0 spiro atoms. The Bertz CT molecular complexity index is 149. The smallest absolute Gasteiger partial charge is 0.0635 e. The highest BCUT2D eigenvalue weighted by atomic mass is 15.1. The van der Waals surface area contributed by atoms with Gasteiger partial charge in [-0.05, 0) is 18.9 Å². The molecule has 0 aromatic carbocycles. The first kappa shape index (κ1) is 12.4. The molecule has 13 heavy (non-hydrogen) atoms. The molecule has 2 nitrogen and oxygen atoms in total. The van der Waals surface area contributed by atoms with Crippen molar-refractivity contribution in [2.75, 3.05) is 19.6 Å². The Hall–Kier alpha value is -0.550. The van der Waals surface area contributed by atoms with E-state index in [1.54, 1.807) is 0 Å². The Balaban J connectivity index is 3.63. The van der Waals surface area contributed by atoms with Gasteiger partial charge in [-0.2, -0.15) is 5.26 Å². The second kappa shape index (κ2) is 8.07. The molecule has 0 aliphatic heterocycles. The van der Waals surface area contributed by atoms with Gasteiger partial charge in [-0.3, -0.25) is 0 Å². The summed E-state index contributed by atoms with van der Waals surface area (Å²) in [5.41, 5.74) is 0. The molecule has 0 radical (unpaired) electrons. The van der Waals surface area contributed by atoms with Crippen LogP contribution in [0.15, 0.2) is 0 Å². The Morgan fingerprint density at radius 1 is 1.38 bits per heavy atom. The van der Waals surface area contributed by atoms with E-state index in [1.807, 2.05) is 0 Å². The number of rotatable bonds is 7. The predicted octanol–water partition coefficient (Wildman–Crippen LogP) is 2.66. The molecular formula is C11H22N2. The third kappa shape index (κ3) is 6.60. The summed E-state index contributed by atoms with van der Waals surface area (Å²) >= 11 is 0. The topological polar surface area (TPSA) is 27.0 Å². The van der Waals surface area contributed by atoms with Crippen molar-refractivity contribution in [2.24, 2.45) is 5.92 Å². The fourth-order valence-electron chi connectivity index (χ4n) is 1.61. The number of hydrogen-bond acceptors (Lipinski definition) is 2. The van der Waals surface area contributed by atoms with Crippen molar-refractivity contribution in [2.45, 2.75) is 40.0 Å². The molecule has 0 fully saturated rings. The number of nitrogens with zero attached hydrogens (tertiary/aromatic N) is 2. The molecule has 1 atom stereocenters. The minimum absolute atomic E-state index is 0.659. The second-order valence-corrected chi connectivity index (χ2v) is 3.70. The molecule has 0 saturated carbocycles. The average molecular weight is 182 g/mol. The first-order valence-corrected chi connectivity index (χ1v) is 5.33. The standard InChI is InChI=1S/C11H22N2/c1-4-7-11(3)10-13(5-2)9-6-8-12/h11H,4-7,9-10H2,1-3H3. The molecule has 2 heteroatoms. The van der Waals surface area contributed by atoms with Crippen LogP contribution in [0.4, 0.5) is 0 Å². The van der Waals surface area contributed by atoms with E-state index in [9.17, 15) is 0 Å². The molecule has 0 aliphatic carbocycles. The van der Waals surface area contributed by atoms with Crippen LogP contribution in [0.3, 0.4) is 0 Å². The van der Waals surface area contributed by atoms with E-state index in [-0.39, 0.29) is 0 Å². The molecule has 0 heterocycles. The van der Waals surface area contributed by atoms with Crippen molar-refractivity contribution in [1.82, 2.24) is 4.90 Å². The highest BCUT2D eigenvalue weighted by Gasteiger charge is 2.06. The highest BCUT2D eigenvalue weighted by molar-refractivity contribution is 4.72. The second-order valence-electron chi connectivity index (χ2n) is 3.70. The summed E-state index contributed by atoms with van der Waals surface area (Å²) in [5, 5.41) is 8.47. The Kier molecular flexibility index (Phi) is 7.73. The largest absolute Gasteiger partial charge is 0.302 e. The van der Waals surface area contributed by atoms with Gasteiger partial charge in [0.25, 0.3) is 0 Å². The van der Waals surface area contributed by atoms with Gasteiger partial charge < -0.3 is 4.90 Å². The van der Waals surface area contributed by atoms with Crippen LogP contribution in [0, 0.1) is 17.2 Å². The van der Waals surface area contributed by atoms with Crippen LogP contribution in [0.1, 0.15) is 40.0 Å². The summed E-state index contributed by atoms with van der Waals surface area (Å²) in [6, 6.07) is 2.20. The van der Waals surface area contributed by atoms with Crippen molar-refractivity contribution in [1.29, 1.82) is 5.26 Å². The number of nitriles is 1. The van der Waals surface area contributed by atoms with E-state index < -0.39 is 0 Å². The summed E-state index contributed by atoms with van der Waals surface area (Å²) in [6.45, 7) is 9.82. The third-order valence-electron chi connectivity index (χ3n) is 2.34. The molecule has 0 aromatic heterocycles. The molecule has 0 bridgehead atoms. The third-order valence-corrected chi connectivity index (χ3v) is 2.34. The van der Waals surface area contributed by atoms with E-state index in [1.165, 1.54) is 12.8 Å². The Morgan fingerprint density at radius 3 is 2.54 bits per heavy atom. The van der Waals surface area contributed by atoms with Gasteiger partial charge >= 0.3 is 0 Å². The van der Waals surface area contributed by atoms with Crippen molar-refractivity contribution in [3.63, 3.8) is 0 Å². The molecule has 0 rings (SSSR count). The maximum absolute atomic E-state index is 8.47. The maximum atomic E-state index is 8.47. The van der Waals surface area contributed by atoms with Crippen molar-refractivity contribution in [3.8, 4) is 6.07 Å². The average Bonchev–Trinajstić information content (AvgIpc) is 2.12. The minimum Gasteiger partial charge on any atom is -0.302 e. The lowest BCUT2D eigenvalue weighted by Crippen LogP contribution is -2.29.